The maximum atomic E-state index is 5.74. The van der Waals surface area contributed by atoms with Crippen LogP contribution in [0.25, 0.3) is 10.9 Å². The largest absolute Gasteiger partial charge is 0.343 e. The Labute approximate surface area is 112 Å². The molecular weight excluding hydrogens is 234 g/mol. The van der Waals surface area contributed by atoms with Crippen LogP contribution < -0.4 is 5.73 Å². The summed E-state index contributed by atoms with van der Waals surface area (Å²) in [6, 6.07) is 12.7. The fraction of sp³-hybridized carbons (Fsp3) is 0.188. The quantitative estimate of drug-likeness (QED) is 0.778. The van der Waals surface area contributed by atoms with E-state index in [4.69, 9.17) is 5.73 Å². The molecule has 3 nitrogen and oxygen atoms in total. The highest BCUT2D eigenvalue weighted by Gasteiger charge is 2.05. The molecule has 0 bridgehead atoms. The third-order valence-corrected chi connectivity index (χ3v) is 3.45. The van der Waals surface area contributed by atoms with E-state index in [1.165, 1.54) is 22.0 Å². The molecule has 1 aromatic carbocycles. The summed E-state index contributed by atoms with van der Waals surface area (Å²) >= 11 is 0. The molecule has 0 saturated heterocycles. The maximum Gasteiger partial charge on any atom is 0.0589 e. The summed E-state index contributed by atoms with van der Waals surface area (Å²) in [6.07, 6.45) is 3.92. The Morgan fingerprint density at radius 2 is 2.11 bits per heavy atom. The molecule has 0 amide bonds. The van der Waals surface area contributed by atoms with Crippen molar-refractivity contribution in [1.29, 1.82) is 0 Å². The summed E-state index contributed by atoms with van der Waals surface area (Å²) in [7, 11) is 0. The van der Waals surface area contributed by atoms with Gasteiger partial charge >= 0.3 is 0 Å². The topological polar surface area (TPSA) is 43.8 Å². The summed E-state index contributed by atoms with van der Waals surface area (Å²) in [5.41, 5.74) is 10.4. The molecule has 96 valence electrons. The van der Waals surface area contributed by atoms with E-state index >= 15 is 0 Å². The van der Waals surface area contributed by atoms with Crippen molar-refractivity contribution in [2.75, 3.05) is 0 Å². The molecule has 0 saturated carbocycles. The molecule has 0 aliphatic carbocycles. The summed E-state index contributed by atoms with van der Waals surface area (Å²) in [4.78, 5) is 4.34. The van der Waals surface area contributed by atoms with Gasteiger partial charge in [-0.1, -0.05) is 18.2 Å². The van der Waals surface area contributed by atoms with Crippen LogP contribution in [0.2, 0.25) is 0 Å². The molecule has 0 aliphatic rings. The van der Waals surface area contributed by atoms with Crippen molar-refractivity contribution in [3.8, 4) is 0 Å². The Bertz CT molecular complexity index is 713. The minimum absolute atomic E-state index is 0.481. The van der Waals surface area contributed by atoms with Gasteiger partial charge in [0.2, 0.25) is 0 Å². The summed E-state index contributed by atoms with van der Waals surface area (Å²) in [6.45, 7) is 3.41. The smallest absolute Gasteiger partial charge is 0.0589 e. The van der Waals surface area contributed by atoms with Gasteiger partial charge in [-0.25, -0.2) is 0 Å². The Balaban J connectivity index is 2.03. The molecule has 2 heterocycles. The number of fused-ring (bicyclic) bond motifs is 1. The monoisotopic (exact) mass is 251 g/mol. The average molecular weight is 251 g/mol. The van der Waals surface area contributed by atoms with E-state index in [0.717, 1.165) is 12.2 Å². The van der Waals surface area contributed by atoms with E-state index in [1.54, 1.807) is 6.20 Å². The summed E-state index contributed by atoms with van der Waals surface area (Å²) in [5.74, 6) is 0. The van der Waals surface area contributed by atoms with Gasteiger partial charge in [0.05, 0.1) is 5.69 Å². The molecule has 0 radical (unpaired) electrons. The Morgan fingerprint density at radius 3 is 2.95 bits per heavy atom. The number of aromatic nitrogens is 2. The molecule has 3 rings (SSSR count). The average Bonchev–Trinajstić information content (AvgIpc) is 2.82. The number of hydrogen-bond donors (Lipinski definition) is 1. The van der Waals surface area contributed by atoms with Gasteiger partial charge in [-0.15, -0.1) is 0 Å². The van der Waals surface area contributed by atoms with E-state index in [0.29, 0.717) is 6.54 Å². The van der Waals surface area contributed by atoms with Crippen molar-refractivity contribution in [2.45, 2.75) is 20.0 Å². The van der Waals surface area contributed by atoms with Gasteiger partial charge in [0.25, 0.3) is 0 Å². The number of hydrogen-bond acceptors (Lipinski definition) is 2. The molecule has 0 fully saturated rings. The standard InChI is InChI=1S/C16H17N3/c1-12-4-5-13-6-8-19(16(13)9-12)11-14-3-2-7-18-15(14)10-17/h2-9H,10-11,17H2,1H3. The lowest BCUT2D eigenvalue weighted by molar-refractivity contribution is 0.805. The number of aryl methyl sites for hydroxylation is 1. The molecule has 2 aromatic heterocycles. The SMILES string of the molecule is Cc1ccc2ccn(Cc3cccnc3CN)c2c1. The lowest BCUT2D eigenvalue weighted by atomic mass is 10.1. The zero-order valence-electron chi connectivity index (χ0n) is 11.0. The molecule has 3 heteroatoms. The number of nitrogens with two attached hydrogens (primary N) is 1. The number of rotatable bonds is 3. The van der Waals surface area contributed by atoms with Gasteiger partial charge in [0, 0.05) is 31.0 Å². The highest BCUT2D eigenvalue weighted by atomic mass is 15.0. The van der Waals surface area contributed by atoms with Gasteiger partial charge in [0.1, 0.15) is 0 Å². The Hall–Kier alpha value is -2.13. The van der Waals surface area contributed by atoms with Crippen molar-refractivity contribution in [3.63, 3.8) is 0 Å². The van der Waals surface area contributed by atoms with Crippen molar-refractivity contribution in [3.05, 3.63) is 65.6 Å². The van der Waals surface area contributed by atoms with E-state index in [2.05, 4.69) is 53.0 Å². The molecule has 2 N–H and O–H groups in total. The first-order valence-electron chi connectivity index (χ1n) is 6.46. The van der Waals surface area contributed by atoms with Crippen molar-refractivity contribution >= 4 is 10.9 Å². The zero-order chi connectivity index (χ0) is 13.2. The van der Waals surface area contributed by atoms with Gasteiger partial charge in [0.15, 0.2) is 0 Å². The third kappa shape index (κ3) is 2.25. The molecule has 0 atom stereocenters. The van der Waals surface area contributed by atoms with E-state index in [-0.39, 0.29) is 0 Å². The lowest BCUT2D eigenvalue weighted by Gasteiger charge is -2.09. The Kier molecular flexibility index (Phi) is 3.05. The molecule has 19 heavy (non-hydrogen) atoms. The van der Waals surface area contributed by atoms with Crippen molar-refractivity contribution in [2.24, 2.45) is 5.73 Å². The van der Waals surface area contributed by atoms with E-state index in [9.17, 15) is 0 Å². The van der Waals surface area contributed by atoms with Crippen LogP contribution in [-0.4, -0.2) is 9.55 Å². The van der Waals surface area contributed by atoms with Crippen LogP contribution in [0.4, 0.5) is 0 Å². The minimum atomic E-state index is 0.481. The first-order valence-corrected chi connectivity index (χ1v) is 6.46. The van der Waals surface area contributed by atoms with Gasteiger partial charge in [-0.3, -0.25) is 4.98 Å². The fourth-order valence-corrected chi connectivity index (χ4v) is 2.41. The Morgan fingerprint density at radius 1 is 1.21 bits per heavy atom. The van der Waals surface area contributed by atoms with Gasteiger partial charge < -0.3 is 10.3 Å². The highest BCUT2D eigenvalue weighted by Crippen LogP contribution is 2.19. The van der Waals surface area contributed by atoms with Crippen LogP contribution in [0.15, 0.2) is 48.8 Å². The number of pyridine rings is 1. The van der Waals surface area contributed by atoms with Crippen molar-refractivity contribution in [1.82, 2.24) is 9.55 Å². The first kappa shape index (κ1) is 11.9. The van der Waals surface area contributed by atoms with Crippen molar-refractivity contribution < 1.29 is 0 Å². The van der Waals surface area contributed by atoms with Crippen LogP contribution >= 0.6 is 0 Å². The maximum absolute atomic E-state index is 5.74. The van der Waals surface area contributed by atoms with Crippen LogP contribution in [0, 0.1) is 6.92 Å². The van der Waals surface area contributed by atoms with Gasteiger partial charge in [-0.05, 0) is 41.6 Å². The first-order chi connectivity index (χ1) is 9.28. The third-order valence-electron chi connectivity index (χ3n) is 3.45. The van der Waals surface area contributed by atoms with Crippen LogP contribution in [-0.2, 0) is 13.1 Å². The normalized spacial score (nSPS) is 11.1. The molecule has 0 spiro atoms. The molecule has 3 aromatic rings. The number of nitrogens with zero attached hydrogens (tertiary/aromatic N) is 2. The van der Waals surface area contributed by atoms with Gasteiger partial charge in [-0.2, -0.15) is 0 Å². The zero-order valence-corrected chi connectivity index (χ0v) is 11.0. The summed E-state index contributed by atoms with van der Waals surface area (Å²) in [5, 5.41) is 1.27. The summed E-state index contributed by atoms with van der Waals surface area (Å²) < 4.78 is 2.25. The predicted octanol–water partition coefficient (Wildman–Crippen LogP) is 2.85. The van der Waals surface area contributed by atoms with Crippen LogP contribution in [0.5, 0.6) is 0 Å². The second kappa shape index (κ2) is 4.86. The second-order valence-electron chi connectivity index (χ2n) is 4.82. The van der Waals surface area contributed by atoms with Crippen LogP contribution in [0.3, 0.4) is 0 Å². The molecule has 0 unspecified atom stereocenters. The van der Waals surface area contributed by atoms with E-state index in [1.807, 2.05) is 6.07 Å². The minimum Gasteiger partial charge on any atom is -0.343 e. The highest BCUT2D eigenvalue weighted by molar-refractivity contribution is 5.80. The number of benzene rings is 1. The van der Waals surface area contributed by atoms with E-state index < -0.39 is 0 Å². The predicted molar refractivity (Wildman–Crippen MR) is 77.9 cm³/mol. The second-order valence-corrected chi connectivity index (χ2v) is 4.82. The fourth-order valence-electron chi connectivity index (χ4n) is 2.41. The molecular formula is C16H17N3. The lowest BCUT2D eigenvalue weighted by Crippen LogP contribution is -2.07. The molecule has 0 aliphatic heterocycles. The van der Waals surface area contributed by atoms with Crippen LogP contribution in [0.1, 0.15) is 16.8 Å².